The summed E-state index contributed by atoms with van der Waals surface area (Å²) in [5.74, 6) is 0.264. The third-order valence-corrected chi connectivity index (χ3v) is 2.81. The fourth-order valence-corrected chi connectivity index (χ4v) is 1.80. The van der Waals surface area contributed by atoms with Gasteiger partial charge in [-0.05, 0) is 35.7 Å². The van der Waals surface area contributed by atoms with Crippen molar-refractivity contribution in [3.63, 3.8) is 0 Å². The summed E-state index contributed by atoms with van der Waals surface area (Å²) < 4.78 is 19.4. The van der Waals surface area contributed by atoms with Gasteiger partial charge >= 0.3 is 0 Å². The normalized spacial score (nSPS) is 10.5. The molecular formula is C15H16FNO2. The van der Waals surface area contributed by atoms with E-state index >= 15 is 0 Å². The minimum Gasteiger partial charge on any atom is -0.454 e. The van der Waals surface area contributed by atoms with Gasteiger partial charge in [0.15, 0.2) is 11.6 Å². The number of hydrogen-bond donors (Lipinski definition) is 2. The molecule has 0 fully saturated rings. The number of aliphatic hydroxyl groups excluding tert-OH is 1. The van der Waals surface area contributed by atoms with Crippen molar-refractivity contribution in [3.8, 4) is 11.5 Å². The van der Waals surface area contributed by atoms with Crippen LogP contribution in [-0.2, 0) is 13.0 Å². The van der Waals surface area contributed by atoms with Gasteiger partial charge in [-0.2, -0.15) is 0 Å². The highest BCUT2D eigenvalue weighted by Gasteiger charge is 2.08. The minimum absolute atomic E-state index is 0.0228. The van der Waals surface area contributed by atoms with E-state index in [0.29, 0.717) is 17.7 Å². The van der Waals surface area contributed by atoms with Crippen LogP contribution in [0, 0.1) is 5.82 Å². The summed E-state index contributed by atoms with van der Waals surface area (Å²) in [7, 11) is 0. The summed E-state index contributed by atoms with van der Waals surface area (Å²) in [6, 6.07) is 11.9. The summed E-state index contributed by atoms with van der Waals surface area (Å²) in [6.45, 7) is 0.313. The first kappa shape index (κ1) is 13.5. The first-order chi connectivity index (χ1) is 9.24. The Morgan fingerprint density at radius 3 is 2.58 bits per heavy atom. The Labute approximate surface area is 111 Å². The molecule has 0 spiro atoms. The number of halogens is 1. The molecule has 0 aliphatic rings. The second-order valence-electron chi connectivity index (χ2n) is 4.15. The largest absolute Gasteiger partial charge is 0.454 e. The molecule has 100 valence electrons. The molecule has 0 atom stereocenters. The molecule has 0 amide bonds. The van der Waals surface area contributed by atoms with E-state index in [1.165, 1.54) is 6.07 Å². The number of ether oxygens (including phenoxy) is 1. The molecule has 0 saturated carbocycles. The number of rotatable bonds is 5. The second kappa shape index (κ2) is 6.31. The highest BCUT2D eigenvalue weighted by molar-refractivity contribution is 5.39. The summed E-state index contributed by atoms with van der Waals surface area (Å²) in [6.07, 6.45) is 0.471. The van der Waals surface area contributed by atoms with Gasteiger partial charge in [-0.25, -0.2) is 4.39 Å². The first-order valence-electron chi connectivity index (χ1n) is 6.09. The van der Waals surface area contributed by atoms with Gasteiger partial charge in [0.2, 0.25) is 0 Å². The van der Waals surface area contributed by atoms with Crippen molar-refractivity contribution in [2.24, 2.45) is 5.73 Å². The molecule has 19 heavy (non-hydrogen) atoms. The van der Waals surface area contributed by atoms with E-state index in [4.69, 9.17) is 15.6 Å². The zero-order valence-electron chi connectivity index (χ0n) is 10.5. The van der Waals surface area contributed by atoms with Gasteiger partial charge in [-0.15, -0.1) is 0 Å². The van der Waals surface area contributed by atoms with Crippen molar-refractivity contribution in [1.29, 1.82) is 0 Å². The molecule has 0 saturated heterocycles. The van der Waals surface area contributed by atoms with Crippen molar-refractivity contribution >= 4 is 0 Å². The summed E-state index contributed by atoms with van der Waals surface area (Å²) >= 11 is 0. The lowest BCUT2D eigenvalue weighted by Crippen LogP contribution is -1.99. The number of aliphatic hydroxyl groups is 1. The maximum Gasteiger partial charge on any atom is 0.166 e. The summed E-state index contributed by atoms with van der Waals surface area (Å²) in [5.41, 5.74) is 7.01. The van der Waals surface area contributed by atoms with E-state index in [0.717, 1.165) is 5.56 Å². The quantitative estimate of drug-likeness (QED) is 0.869. The van der Waals surface area contributed by atoms with E-state index in [1.54, 1.807) is 18.2 Å². The van der Waals surface area contributed by atoms with E-state index in [-0.39, 0.29) is 18.9 Å². The molecule has 0 radical (unpaired) electrons. The molecule has 2 aromatic carbocycles. The number of benzene rings is 2. The monoisotopic (exact) mass is 261 g/mol. The SMILES string of the molecule is NCc1ccc(Oc2ccccc2CCO)c(F)c1. The van der Waals surface area contributed by atoms with E-state index in [9.17, 15) is 4.39 Å². The molecule has 0 aliphatic carbocycles. The van der Waals surface area contributed by atoms with Gasteiger partial charge in [-0.1, -0.05) is 24.3 Å². The van der Waals surface area contributed by atoms with Gasteiger partial charge in [-0.3, -0.25) is 0 Å². The van der Waals surface area contributed by atoms with Crippen molar-refractivity contribution < 1.29 is 14.2 Å². The Kier molecular flexibility index (Phi) is 4.49. The highest BCUT2D eigenvalue weighted by Crippen LogP contribution is 2.28. The number of hydrogen-bond acceptors (Lipinski definition) is 3. The smallest absolute Gasteiger partial charge is 0.166 e. The first-order valence-corrected chi connectivity index (χ1v) is 6.09. The molecule has 0 unspecified atom stereocenters. The van der Waals surface area contributed by atoms with E-state index < -0.39 is 5.82 Å². The molecule has 0 bridgehead atoms. The van der Waals surface area contributed by atoms with Crippen molar-refractivity contribution in [3.05, 3.63) is 59.4 Å². The molecule has 4 heteroatoms. The molecule has 2 aromatic rings. The standard InChI is InChI=1S/C15H16FNO2/c16-13-9-11(10-17)5-6-15(13)19-14-4-2-1-3-12(14)7-8-18/h1-6,9,18H,7-8,10,17H2. The van der Waals surface area contributed by atoms with Gasteiger partial charge in [0, 0.05) is 13.2 Å². The predicted molar refractivity (Wildman–Crippen MR) is 71.6 cm³/mol. The van der Waals surface area contributed by atoms with Gasteiger partial charge < -0.3 is 15.6 Å². The third kappa shape index (κ3) is 3.30. The van der Waals surface area contributed by atoms with Crippen LogP contribution in [0.5, 0.6) is 11.5 Å². The maximum atomic E-state index is 13.8. The Hall–Kier alpha value is -1.91. The number of nitrogens with two attached hydrogens (primary N) is 1. The average molecular weight is 261 g/mol. The van der Waals surface area contributed by atoms with Crippen molar-refractivity contribution in [2.45, 2.75) is 13.0 Å². The van der Waals surface area contributed by atoms with Crippen LogP contribution in [0.25, 0.3) is 0 Å². The Morgan fingerprint density at radius 1 is 1.11 bits per heavy atom. The predicted octanol–water partition coefficient (Wildman–Crippen LogP) is 2.61. The Bertz CT molecular complexity index is 558. The van der Waals surface area contributed by atoms with Crippen LogP contribution < -0.4 is 10.5 Å². The molecule has 2 rings (SSSR count). The van der Waals surface area contributed by atoms with Crippen LogP contribution in [0.4, 0.5) is 4.39 Å². The fraction of sp³-hybridized carbons (Fsp3) is 0.200. The van der Waals surface area contributed by atoms with E-state index in [2.05, 4.69) is 0 Å². The van der Waals surface area contributed by atoms with Gasteiger partial charge in [0.1, 0.15) is 5.75 Å². The topological polar surface area (TPSA) is 55.5 Å². The van der Waals surface area contributed by atoms with Gasteiger partial charge in [0.25, 0.3) is 0 Å². The van der Waals surface area contributed by atoms with Crippen LogP contribution in [-0.4, -0.2) is 11.7 Å². The van der Waals surface area contributed by atoms with Crippen molar-refractivity contribution in [1.82, 2.24) is 0 Å². The maximum absolute atomic E-state index is 13.8. The summed E-state index contributed by atoms with van der Waals surface area (Å²) in [4.78, 5) is 0. The number of para-hydroxylation sites is 1. The molecule has 3 N–H and O–H groups in total. The lowest BCUT2D eigenvalue weighted by molar-refractivity contribution is 0.297. The lowest BCUT2D eigenvalue weighted by atomic mass is 10.1. The molecule has 0 aliphatic heterocycles. The lowest BCUT2D eigenvalue weighted by Gasteiger charge is -2.11. The third-order valence-electron chi connectivity index (χ3n) is 2.81. The Morgan fingerprint density at radius 2 is 1.89 bits per heavy atom. The van der Waals surface area contributed by atoms with E-state index in [1.807, 2.05) is 18.2 Å². The van der Waals surface area contributed by atoms with Crippen LogP contribution in [0.15, 0.2) is 42.5 Å². The average Bonchev–Trinajstić information content (AvgIpc) is 2.43. The molecule has 3 nitrogen and oxygen atoms in total. The van der Waals surface area contributed by atoms with Crippen LogP contribution in [0.1, 0.15) is 11.1 Å². The zero-order valence-corrected chi connectivity index (χ0v) is 10.5. The summed E-state index contributed by atoms with van der Waals surface area (Å²) in [5, 5.41) is 8.99. The molecule has 0 heterocycles. The molecular weight excluding hydrogens is 245 g/mol. The zero-order chi connectivity index (χ0) is 13.7. The second-order valence-corrected chi connectivity index (χ2v) is 4.15. The van der Waals surface area contributed by atoms with Crippen LogP contribution in [0.2, 0.25) is 0 Å². The van der Waals surface area contributed by atoms with Crippen LogP contribution in [0.3, 0.4) is 0 Å². The fourth-order valence-electron chi connectivity index (χ4n) is 1.80. The highest BCUT2D eigenvalue weighted by atomic mass is 19.1. The molecule has 0 aromatic heterocycles. The Balaban J connectivity index is 2.26. The van der Waals surface area contributed by atoms with Crippen LogP contribution >= 0.6 is 0 Å². The van der Waals surface area contributed by atoms with Gasteiger partial charge in [0.05, 0.1) is 0 Å². The minimum atomic E-state index is -0.443. The van der Waals surface area contributed by atoms with Crippen molar-refractivity contribution in [2.75, 3.05) is 6.61 Å².